The normalized spacial score (nSPS) is 34.8. The van der Waals surface area contributed by atoms with Crippen molar-refractivity contribution in [2.45, 2.75) is 66.9 Å². The fourth-order valence-corrected chi connectivity index (χ4v) is 9.16. The second-order valence-corrected chi connectivity index (χ2v) is 11.9. The highest BCUT2D eigenvalue weighted by molar-refractivity contribution is 9.09. The number of amides is 2. The minimum Gasteiger partial charge on any atom is -0.481 e. The lowest BCUT2D eigenvalue weighted by Gasteiger charge is -2.40. The van der Waals surface area contributed by atoms with E-state index in [1.54, 1.807) is 15.9 Å². The zero-order chi connectivity index (χ0) is 23.1. The van der Waals surface area contributed by atoms with Gasteiger partial charge in [0, 0.05) is 23.2 Å². The molecule has 3 rings (SSSR count). The van der Waals surface area contributed by atoms with Gasteiger partial charge in [-0.15, -0.1) is 18.3 Å². The standard InChI is InChI=1S/C22H33BrN2O5S/c1-5-7-9-24(8-6-2)20(28)18-22-10-13(23)17(31-22)15(21(29)30)16(22)19(27)25(18)14(11-26)12(3)4/h6,12-18,26H,2,5,7-11H2,1,3-4H3,(H,29,30)/t13?,14-,15+,16-,17+,18?,22?/m0/s1. The summed E-state index contributed by atoms with van der Waals surface area (Å²) in [6.07, 6.45) is 4.00. The highest BCUT2D eigenvalue weighted by Gasteiger charge is 2.76. The number of aliphatic hydroxyl groups excluding tert-OH is 1. The molecule has 3 heterocycles. The molecule has 3 aliphatic rings. The van der Waals surface area contributed by atoms with E-state index in [9.17, 15) is 24.6 Å². The molecule has 0 aromatic carbocycles. The van der Waals surface area contributed by atoms with Gasteiger partial charge < -0.3 is 20.0 Å². The van der Waals surface area contributed by atoms with E-state index in [1.165, 1.54) is 11.8 Å². The van der Waals surface area contributed by atoms with Gasteiger partial charge in [-0.1, -0.05) is 49.2 Å². The number of thioether (sulfide) groups is 1. The largest absolute Gasteiger partial charge is 0.481 e. The van der Waals surface area contributed by atoms with E-state index in [-0.39, 0.29) is 34.4 Å². The highest BCUT2D eigenvalue weighted by atomic mass is 79.9. The number of nitrogens with zero attached hydrogens (tertiary/aromatic N) is 2. The molecule has 7 nitrogen and oxygen atoms in total. The Kier molecular flexibility index (Phi) is 7.48. The van der Waals surface area contributed by atoms with Crippen molar-refractivity contribution in [3.8, 4) is 0 Å². The Morgan fingerprint density at radius 1 is 1.45 bits per heavy atom. The lowest BCUT2D eigenvalue weighted by molar-refractivity contribution is -0.150. The molecule has 3 aliphatic heterocycles. The quantitative estimate of drug-likeness (QED) is 0.341. The predicted molar refractivity (Wildman–Crippen MR) is 124 cm³/mol. The van der Waals surface area contributed by atoms with Crippen molar-refractivity contribution >= 4 is 45.5 Å². The number of carboxylic acids is 1. The number of halogens is 1. The van der Waals surface area contributed by atoms with Gasteiger partial charge in [0.15, 0.2) is 0 Å². The van der Waals surface area contributed by atoms with Gasteiger partial charge in [-0.2, -0.15) is 0 Å². The number of rotatable bonds is 10. The van der Waals surface area contributed by atoms with Crippen LogP contribution >= 0.6 is 27.7 Å². The van der Waals surface area contributed by atoms with Crippen LogP contribution in [-0.2, 0) is 14.4 Å². The number of alkyl halides is 1. The van der Waals surface area contributed by atoms with Crippen LogP contribution in [0.4, 0.5) is 0 Å². The third-order valence-corrected chi connectivity index (χ3v) is 10.2. The predicted octanol–water partition coefficient (Wildman–Crippen LogP) is 2.37. The van der Waals surface area contributed by atoms with Crippen LogP contribution in [-0.4, -0.2) is 84.4 Å². The molecule has 0 aliphatic carbocycles. The average Bonchev–Trinajstić information content (AvgIpc) is 3.29. The van der Waals surface area contributed by atoms with Gasteiger partial charge in [-0.05, 0) is 18.8 Å². The number of aliphatic carboxylic acids is 1. The van der Waals surface area contributed by atoms with E-state index in [0.717, 1.165) is 12.8 Å². The molecule has 2 bridgehead atoms. The van der Waals surface area contributed by atoms with E-state index in [4.69, 9.17) is 0 Å². The van der Waals surface area contributed by atoms with Crippen molar-refractivity contribution in [3.63, 3.8) is 0 Å². The lowest BCUT2D eigenvalue weighted by Crippen LogP contribution is -2.58. The molecule has 0 radical (unpaired) electrons. The molecule has 3 fully saturated rings. The molecule has 3 unspecified atom stereocenters. The second-order valence-electron chi connectivity index (χ2n) is 9.17. The summed E-state index contributed by atoms with van der Waals surface area (Å²) in [5.41, 5.74) is 0. The molecule has 0 aromatic rings. The van der Waals surface area contributed by atoms with E-state index >= 15 is 0 Å². The topological polar surface area (TPSA) is 98.2 Å². The molecular weight excluding hydrogens is 484 g/mol. The summed E-state index contributed by atoms with van der Waals surface area (Å²) in [5.74, 6) is -3.13. The molecule has 0 aromatic heterocycles. The number of carbonyl (C=O) groups is 3. The third-order valence-electron chi connectivity index (χ3n) is 7.00. The van der Waals surface area contributed by atoms with Crippen LogP contribution in [0.25, 0.3) is 0 Å². The van der Waals surface area contributed by atoms with Gasteiger partial charge >= 0.3 is 5.97 Å². The average molecular weight is 517 g/mol. The van der Waals surface area contributed by atoms with Crippen LogP contribution < -0.4 is 0 Å². The Hall–Kier alpha value is -1.06. The Balaban J connectivity index is 2.11. The van der Waals surface area contributed by atoms with Crippen molar-refractivity contribution in [3.05, 3.63) is 12.7 Å². The minimum atomic E-state index is -0.992. The smallest absolute Gasteiger partial charge is 0.308 e. The summed E-state index contributed by atoms with van der Waals surface area (Å²) < 4.78 is -0.802. The first-order valence-corrected chi connectivity index (χ1v) is 12.8. The Morgan fingerprint density at radius 3 is 2.65 bits per heavy atom. The number of carboxylic acid groups (broad SMARTS) is 1. The minimum absolute atomic E-state index is 0.0757. The van der Waals surface area contributed by atoms with Gasteiger partial charge in [-0.3, -0.25) is 14.4 Å². The van der Waals surface area contributed by atoms with E-state index in [1.807, 2.05) is 13.8 Å². The number of aliphatic hydroxyl groups is 1. The van der Waals surface area contributed by atoms with Crippen LogP contribution in [0.1, 0.15) is 40.0 Å². The maximum atomic E-state index is 14.0. The van der Waals surface area contributed by atoms with Crippen LogP contribution in [0.15, 0.2) is 12.7 Å². The molecule has 0 saturated carbocycles. The fourth-order valence-electron chi connectivity index (χ4n) is 5.58. The van der Waals surface area contributed by atoms with E-state index in [0.29, 0.717) is 19.5 Å². The number of likely N-dealkylation sites (tertiary alicyclic amines) is 1. The number of hydrogen-bond acceptors (Lipinski definition) is 5. The van der Waals surface area contributed by atoms with Gasteiger partial charge in [0.05, 0.1) is 29.2 Å². The Morgan fingerprint density at radius 2 is 2.13 bits per heavy atom. The van der Waals surface area contributed by atoms with Crippen LogP contribution in [0.2, 0.25) is 0 Å². The summed E-state index contributed by atoms with van der Waals surface area (Å²) in [7, 11) is 0. The van der Waals surface area contributed by atoms with Crippen molar-refractivity contribution in [2.24, 2.45) is 17.8 Å². The second kappa shape index (κ2) is 9.43. The summed E-state index contributed by atoms with van der Waals surface area (Å²) in [5, 5.41) is 19.9. The molecule has 7 atom stereocenters. The number of hydrogen-bond donors (Lipinski definition) is 2. The van der Waals surface area contributed by atoms with Crippen LogP contribution in [0.5, 0.6) is 0 Å². The van der Waals surface area contributed by atoms with Gasteiger partial charge in [0.25, 0.3) is 0 Å². The maximum Gasteiger partial charge on any atom is 0.308 e. The van der Waals surface area contributed by atoms with Gasteiger partial charge in [-0.25, -0.2) is 0 Å². The Bertz CT molecular complexity index is 749. The summed E-state index contributed by atoms with van der Waals surface area (Å²) in [4.78, 5) is 43.1. The third kappa shape index (κ3) is 3.84. The Labute approximate surface area is 196 Å². The SMILES string of the molecule is C=CCN(CCCC)C(=O)C1N([C@@H](CO)C(C)C)C(=O)[C@@H]2[C@@H](C(=O)O)[C@@H]3SC12CC3Br. The molecule has 31 heavy (non-hydrogen) atoms. The first-order chi connectivity index (χ1) is 14.7. The van der Waals surface area contributed by atoms with Gasteiger partial charge in [0.1, 0.15) is 6.04 Å². The first kappa shape index (κ1) is 24.6. The van der Waals surface area contributed by atoms with Crippen LogP contribution in [0, 0.1) is 17.8 Å². The van der Waals surface area contributed by atoms with Crippen molar-refractivity contribution in [2.75, 3.05) is 19.7 Å². The zero-order valence-corrected chi connectivity index (χ0v) is 20.8. The maximum absolute atomic E-state index is 14.0. The van der Waals surface area contributed by atoms with Crippen molar-refractivity contribution in [1.82, 2.24) is 9.80 Å². The number of carbonyl (C=O) groups excluding carboxylic acids is 2. The fraction of sp³-hybridized carbons (Fsp3) is 0.773. The summed E-state index contributed by atoms with van der Waals surface area (Å²) in [6, 6.07) is -1.33. The summed E-state index contributed by atoms with van der Waals surface area (Å²) in [6.45, 7) is 10.3. The number of fused-ring (bicyclic) bond motifs is 1. The molecule has 2 N–H and O–H groups in total. The zero-order valence-electron chi connectivity index (χ0n) is 18.4. The van der Waals surface area contributed by atoms with E-state index in [2.05, 4.69) is 29.4 Å². The van der Waals surface area contributed by atoms with Gasteiger partial charge in [0.2, 0.25) is 11.8 Å². The van der Waals surface area contributed by atoms with Crippen molar-refractivity contribution < 1.29 is 24.6 Å². The highest BCUT2D eigenvalue weighted by Crippen LogP contribution is 2.68. The molecule has 174 valence electrons. The molecule has 2 amide bonds. The number of unbranched alkanes of at least 4 members (excludes halogenated alkanes) is 1. The molecule has 9 heteroatoms. The van der Waals surface area contributed by atoms with E-state index < -0.39 is 34.6 Å². The monoisotopic (exact) mass is 516 g/mol. The molecule has 1 spiro atoms. The van der Waals surface area contributed by atoms with Crippen LogP contribution in [0.3, 0.4) is 0 Å². The molecule has 3 saturated heterocycles. The van der Waals surface area contributed by atoms with Crippen molar-refractivity contribution in [1.29, 1.82) is 0 Å². The lowest BCUT2D eigenvalue weighted by atomic mass is 9.71. The first-order valence-electron chi connectivity index (χ1n) is 11.0. The molecular formula is C22H33BrN2O5S. The summed E-state index contributed by atoms with van der Waals surface area (Å²) >= 11 is 5.13.